The van der Waals surface area contributed by atoms with Gasteiger partial charge in [0.05, 0.1) is 30.7 Å². The number of amides is 1. The minimum atomic E-state index is -1.36. The molecule has 29 heavy (non-hydrogen) atoms. The molecule has 0 spiro atoms. The predicted octanol–water partition coefficient (Wildman–Crippen LogP) is 2.93. The van der Waals surface area contributed by atoms with Gasteiger partial charge in [-0.3, -0.25) is 14.9 Å². The summed E-state index contributed by atoms with van der Waals surface area (Å²) in [5.74, 6) is -0.591. The van der Waals surface area contributed by atoms with Crippen LogP contribution >= 0.6 is 0 Å². The summed E-state index contributed by atoms with van der Waals surface area (Å²) in [7, 11) is 1.34. The first-order chi connectivity index (χ1) is 13.9. The van der Waals surface area contributed by atoms with Crippen molar-refractivity contribution in [1.29, 1.82) is 0 Å². The van der Waals surface area contributed by atoms with Crippen molar-refractivity contribution in [3.63, 3.8) is 0 Å². The van der Waals surface area contributed by atoms with Crippen LogP contribution in [0.1, 0.15) is 22.3 Å². The zero-order valence-electron chi connectivity index (χ0n) is 15.6. The van der Waals surface area contributed by atoms with Crippen molar-refractivity contribution < 1.29 is 28.4 Å². The van der Waals surface area contributed by atoms with E-state index >= 15 is 0 Å². The van der Waals surface area contributed by atoms with Crippen LogP contribution in [0.5, 0.6) is 11.5 Å². The van der Waals surface area contributed by atoms with E-state index in [2.05, 4.69) is 0 Å². The van der Waals surface area contributed by atoms with Gasteiger partial charge in [0.1, 0.15) is 24.6 Å². The van der Waals surface area contributed by atoms with E-state index < -0.39 is 28.7 Å². The number of ether oxygens (including phenoxy) is 2. The van der Waals surface area contributed by atoms with Gasteiger partial charge in [-0.05, 0) is 5.56 Å². The van der Waals surface area contributed by atoms with Crippen molar-refractivity contribution >= 4 is 17.9 Å². The molecule has 1 aliphatic rings. The van der Waals surface area contributed by atoms with Crippen molar-refractivity contribution in [3.05, 3.63) is 63.7 Å². The fourth-order valence-corrected chi connectivity index (χ4v) is 3.21. The summed E-state index contributed by atoms with van der Waals surface area (Å²) in [6.45, 7) is -0.154. The number of nitro benzene ring substituents is 1. The molecule has 1 unspecified atom stereocenters. The van der Waals surface area contributed by atoms with E-state index in [1.54, 1.807) is 0 Å². The third-order valence-corrected chi connectivity index (χ3v) is 4.66. The molecule has 1 aliphatic heterocycles. The van der Waals surface area contributed by atoms with Gasteiger partial charge in [0.25, 0.3) is 11.6 Å². The Bertz CT molecular complexity index is 921. The molecule has 1 amide bonds. The highest BCUT2D eigenvalue weighted by Gasteiger charge is 2.38. The number of nitrogens with zero attached hydrogens (tertiary/aromatic N) is 2. The highest BCUT2D eigenvalue weighted by Crippen LogP contribution is 2.36. The van der Waals surface area contributed by atoms with Crippen molar-refractivity contribution in [2.45, 2.75) is 25.2 Å². The van der Waals surface area contributed by atoms with Crippen LogP contribution in [0.15, 0.2) is 42.5 Å². The van der Waals surface area contributed by atoms with Gasteiger partial charge in [-0.25, -0.2) is 4.39 Å². The van der Waals surface area contributed by atoms with E-state index in [0.717, 1.165) is 16.5 Å². The van der Waals surface area contributed by atoms with Crippen LogP contribution < -0.4 is 9.47 Å². The number of carbonyl (C=O) groups excluding carboxylic acids is 2. The molecule has 3 rings (SSSR count). The Morgan fingerprint density at radius 3 is 2.66 bits per heavy atom. The fourth-order valence-electron chi connectivity index (χ4n) is 3.21. The van der Waals surface area contributed by atoms with Crippen LogP contribution in [0.4, 0.5) is 10.1 Å². The normalized spacial score (nSPS) is 18.3. The summed E-state index contributed by atoms with van der Waals surface area (Å²) in [4.78, 5) is 35.9. The summed E-state index contributed by atoms with van der Waals surface area (Å²) < 4.78 is 24.6. The van der Waals surface area contributed by atoms with Crippen LogP contribution in [0.3, 0.4) is 0 Å². The number of halogens is 1. The first kappa shape index (κ1) is 20.2. The number of hydrogen-bond acceptors (Lipinski definition) is 6. The van der Waals surface area contributed by atoms with E-state index in [1.807, 2.05) is 30.3 Å². The molecule has 1 saturated heterocycles. The Balaban J connectivity index is 1.94. The van der Waals surface area contributed by atoms with Gasteiger partial charge in [0.15, 0.2) is 11.5 Å². The third-order valence-electron chi connectivity index (χ3n) is 4.66. The molecule has 9 heteroatoms. The Kier molecular flexibility index (Phi) is 6.06. The van der Waals surface area contributed by atoms with Crippen molar-refractivity contribution in [1.82, 2.24) is 4.90 Å². The maximum atomic E-state index is 13.7. The number of likely N-dealkylation sites (tertiary alicyclic amines) is 1. The SMILES string of the molecule is COc1cc(C(=O)N2CC(F)C[C@H]2C=O)c([N+](=O)[O-])cc1OCc1ccccc1. The standard InChI is InChI=1S/C20H19FN2O6/c1-28-18-8-16(20(25)22-10-14(21)7-15(22)11-24)17(23(26)27)9-19(18)29-12-13-5-3-2-4-6-13/h2-6,8-9,11,14-15H,7,10,12H2,1H3/t14?,15-/m0/s1. The minimum Gasteiger partial charge on any atom is -0.493 e. The maximum absolute atomic E-state index is 13.7. The fraction of sp³-hybridized carbons (Fsp3) is 0.300. The maximum Gasteiger partial charge on any atom is 0.286 e. The first-order valence-electron chi connectivity index (χ1n) is 8.88. The Morgan fingerprint density at radius 2 is 2.03 bits per heavy atom. The van der Waals surface area contributed by atoms with Gasteiger partial charge in [0, 0.05) is 12.5 Å². The highest BCUT2D eigenvalue weighted by atomic mass is 19.1. The van der Waals surface area contributed by atoms with E-state index in [1.165, 1.54) is 13.2 Å². The van der Waals surface area contributed by atoms with Crippen LogP contribution in [-0.2, 0) is 11.4 Å². The van der Waals surface area contributed by atoms with E-state index in [0.29, 0.717) is 6.29 Å². The summed E-state index contributed by atoms with van der Waals surface area (Å²) >= 11 is 0. The summed E-state index contributed by atoms with van der Waals surface area (Å²) in [6.07, 6.45) is -1.01. The smallest absolute Gasteiger partial charge is 0.286 e. The van der Waals surface area contributed by atoms with Crippen LogP contribution in [-0.4, -0.2) is 47.9 Å². The lowest BCUT2D eigenvalue weighted by Crippen LogP contribution is -2.37. The molecule has 152 valence electrons. The average molecular weight is 402 g/mol. The topological polar surface area (TPSA) is 99.0 Å². The molecular weight excluding hydrogens is 383 g/mol. The van der Waals surface area contributed by atoms with Gasteiger partial charge < -0.3 is 19.2 Å². The van der Waals surface area contributed by atoms with Crippen LogP contribution in [0.2, 0.25) is 0 Å². The summed E-state index contributed by atoms with van der Waals surface area (Å²) in [5.41, 5.74) is 0.0444. The molecule has 0 aliphatic carbocycles. The largest absolute Gasteiger partial charge is 0.493 e. The predicted molar refractivity (Wildman–Crippen MR) is 101 cm³/mol. The van der Waals surface area contributed by atoms with Gasteiger partial charge in [0.2, 0.25) is 0 Å². The molecule has 0 saturated carbocycles. The number of benzene rings is 2. The van der Waals surface area contributed by atoms with Gasteiger partial charge in [-0.15, -0.1) is 0 Å². The molecule has 1 heterocycles. The van der Waals surface area contributed by atoms with Crippen LogP contribution in [0.25, 0.3) is 0 Å². The Morgan fingerprint density at radius 1 is 1.31 bits per heavy atom. The van der Waals surface area contributed by atoms with E-state index in [-0.39, 0.29) is 36.6 Å². The average Bonchev–Trinajstić information content (AvgIpc) is 3.12. The molecule has 0 aromatic heterocycles. The lowest BCUT2D eigenvalue weighted by molar-refractivity contribution is -0.385. The second-order valence-corrected chi connectivity index (χ2v) is 6.55. The monoisotopic (exact) mass is 402 g/mol. The third kappa shape index (κ3) is 4.34. The zero-order chi connectivity index (χ0) is 21.0. The minimum absolute atomic E-state index is 0.0938. The second-order valence-electron chi connectivity index (χ2n) is 6.55. The van der Waals surface area contributed by atoms with Crippen molar-refractivity contribution in [2.24, 2.45) is 0 Å². The quantitative estimate of drug-likeness (QED) is 0.401. The van der Waals surface area contributed by atoms with Crippen LogP contribution in [0, 0.1) is 10.1 Å². The molecule has 2 aromatic rings. The number of nitro groups is 1. The molecule has 2 atom stereocenters. The number of hydrogen-bond donors (Lipinski definition) is 0. The summed E-state index contributed by atoms with van der Waals surface area (Å²) in [6, 6.07) is 10.5. The molecule has 0 N–H and O–H groups in total. The van der Waals surface area contributed by atoms with E-state index in [9.17, 15) is 24.1 Å². The molecular formula is C20H19FN2O6. The molecule has 2 aromatic carbocycles. The van der Waals surface area contributed by atoms with E-state index in [4.69, 9.17) is 9.47 Å². The number of alkyl halides is 1. The number of methoxy groups -OCH3 is 1. The highest BCUT2D eigenvalue weighted by molar-refractivity contribution is 6.00. The van der Waals surface area contributed by atoms with Gasteiger partial charge in [-0.2, -0.15) is 0 Å². The Labute approximate surface area is 166 Å². The number of aldehydes is 1. The first-order valence-corrected chi connectivity index (χ1v) is 8.88. The molecule has 0 bridgehead atoms. The van der Waals surface area contributed by atoms with Crippen molar-refractivity contribution in [3.8, 4) is 11.5 Å². The number of rotatable bonds is 7. The van der Waals surface area contributed by atoms with Crippen molar-refractivity contribution in [2.75, 3.05) is 13.7 Å². The molecule has 0 radical (unpaired) electrons. The molecule has 1 fully saturated rings. The van der Waals surface area contributed by atoms with Gasteiger partial charge >= 0.3 is 0 Å². The summed E-state index contributed by atoms with van der Waals surface area (Å²) in [5, 5.41) is 11.6. The molecule has 8 nitrogen and oxygen atoms in total. The Hall–Kier alpha value is -3.49. The second kappa shape index (κ2) is 8.68. The zero-order valence-corrected chi connectivity index (χ0v) is 15.6. The lowest BCUT2D eigenvalue weighted by atomic mass is 10.1. The lowest BCUT2D eigenvalue weighted by Gasteiger charge is -2.21. The number of carbonyl (C=O) groups is 2. The van der Waals surface area contributed by atoms with Gasteiger partial charge in [-0.1, -0.05) is 30.3 Å².